The maximum Gasteiger partial charge on any atom is 0.513 e. The van der Waals surface area contributed by atoms with Crippen molar-refractivity contribution in [3.05, 3.63) is 34.4 Å². The lowest BCUT2D eigenvalue weighted by molar-refractivity contribution is -0.384. The van der Waals surface area contributed by atoms with Crippen LogP contribution in [0.1, 0.15) is 40.0 Å². The molecule has 0 spiro atoms. The van der Waals surface area contributed by atoms with Crippen LogP contribution in [0.4, 0.5) is 10.5 Å². The van der Waals surface area contributed by atoms with Gasteiger partial charge >= 0.3 is 6.16 Å². The summed E-state index contributed by atoms with van der Waals surface area (Å²) >= 11 is 0. The summed E-state index contributed by atoms with van der Waals surface area (Å²) in [7, 11) is 0. The highest BCUT2D eigenvalue weighted by molar-refractivity contribution is 5.63. The Balaban J connectivity index is 2.32. The Labute approximate surface area is 135 Å². The van der Waals surface area contributed by atoms with Crippen LogP contribution in [0.25, 0.3) is 0 Å². The molecule has 128 valence electrons. The highest BCUT2D eigenvalue weighted by Crippen LogP contribution is 2.18. The van der Waals surface area contributed by atoms with E-state index in [1.54, 1.807) is 0 Å². The molecule has 0 fully saturated rings. The molecule has 0 atom stereocenters. The Bertz CT molecular complexity index is 512. The predicted octanol–water partition coefficient (Wildman–Crippen LogP) is 4.10. The van der Waals surface area contributed by atoms with Crippen LogP contribution in [0.15, 0.2) is 24.3 Å². The Morgan fingerprint density at radius 3 is 2.43 bits per heavy atom. The summed E-state index contributed by atoms with van der Waals surface area (Å²) in [4.78, 5) is 21.6. The first-order valence-electron chi connectivity index (χ1n) is 7.57. The number of benzene rings is 1. The smallest absolute Gasteiger partial charge is 0.434 e. The van der Waals surface area contributed by atoms with Gasteiger partial charge in [0.05, 0.1) is 17.1 Å². The fourth-order valence-corrected chi connectivity index (χ4v) is 1.71. The van der Waals surface area contributed by atoms with E-state index in [-0.39, 0.29) is 23.6 Å². The minimum atomic E-state index is -0.844. The van der Waals surface area contributed by atoms with Gasteiger partial charge in [-0.25, -0.2) is 4.79 Å². The van der Waals surface area contributed by atoms with Crippen molar-refractivity contribution in [1.82, 2.24) is 0 Å². The molecule has 0 amide bonds. The molecule has 7 heteroatoms. The SMILES string of the molecule is CCCCOC(C)(C)CCOC(=O)Oc1ccc([N+](=O)[O-])cc1. The number of non-ortho nitro benzene ring substituents is 1. The second-order valence-corrected chi connectivity index (χ2v) is 5.66. The van der Waals surface area contributed by atoms with E-state index in [2.05, 4.69) is 6.92 Å². The lowest BCUT2D eigenvalue weighted by atomic mass is 10.1. The summed E-state index contributed by atoms with van der Waals surface area (Å²) in [6.07, 6.45) is 1.76. The zero-order chi connectivity index (χ0) is 17.3. The second-order valence-electron chi connectivity index (χ2n) is 5.66. The molecule has 1 rings (SSSR count). The Hall–Kier alpha value is -2.15. The third-order valence-electron chi connectivity index (χ3n) is 3.16. The second kappa shape index (κ2) is 9.09. The minimum Gasteiger partial charge on any atom is -0.434 e. The lowest BCUT2D eigenvalue weighted by Crippen LogP contribution is -2.27. The van der Waals surface area contributed by atoms with Gasteiger partial charge in [-0.3, -0.25) is 10.1 Å². The molecule has 1 aromatic rings. The highest BCUT2D eigenvalue weighted by Gasteiger charge is 2.19. The van der Waals surface area contributed by atoms with Gasteiger partial charge in [0.2, 0.25) is 0 Å². The van der Waals surface area contributed by atoms with Crippen LogP contribution >= 0.6 is 0 Å². The molecular formula is C16H23NO6. The number of hydrogen-bond acceptors (Lipinski definition) is 6. The summed E-state index contributed by atoms with van der Waals surface area (Å²) in [5.74, 6) is 0.194. The average Bonchev–Trinajstić information content (AvgIpc) is 2.47. The molecule has 0 aliphatic rings. The average molecular weight is 325 g/mol. The fourth-order valence-electron chi connectivity index (χ4n) is 1.71. The van der Waals surface area contributed by atoms with Crippen LogP contribution in [0.3, 0.4) is 0 Å². The van der Waals surface area contributed by atoms with Gasteiger partial charge in [-0.2, -0.15) is 0 Å². The summed E-state index contributed by atoms with van der Waals surface area (Å²) in [6, 6.07) is 5.20. The number of ether oxygens (including phenoxy) is 3. The first kappa shape index (κ1) is 18.9. The van der Waals surface area contributed by atoms with Gasteiger partial charge in [0.1, 0.15) is 5.75 Å². The number of carbonyl (C=O) groups excluding carboxylic acids is 1. The topological polar surface area (TPSA) is 87.9 Å². The maximum absolute atomic E-state index is 11.6. The number of nitro benzene ring substituents is 1. The van der Waals surface area contributed by atoms with E-state index in [4.69, 9.17) is 14.2 Å². The number of unbranched alkanes of at least 4 members (excludes halogenated alkanes) is 1. The normalized spacial score (nSPS) is 11.1. The van der Waals surface area contributed by atoms with Gasteiger partial charge in [-0.1, -0.05) is 13.3 Å². The fraction of sp³-hybridized carbons (Fsp3) is 0.562. The number of rotatable bonds is 9. The van der Waals surface area contributed by atoms with Crippen molar-refractivity contribution >= 4 is 11.8 Å². The van der Waals surface area contributed by atoms with Crippen molar-refractivity contribution in [2.45, 2.75) is 45.6 Å². The summed E-state index contributed by atoms with van der Waals surface area (Å²) in [6.45, 7) is 6.82. The number of carbonyl (C=O) groups is 1. The lowest BCUT2D eigenvalue weighted by Gasteiger charge is -2.24. The van der Waals surface area contributed by atoms with E-state index in [9.17, 15) is 14.9 Å². The van der Waals surface area contributed by atoms with Gasteiger partial charge in [-0.15, -0.1) is 0 Å². The largest absolute Gasteiger partial charge is 0.513 e. The van der Waals surface area contributed by atoms with E-state index in [1.165, 1.54) is 24.3 Å². The van der Waals surface area contributed by atoms with Crippen molar-refractivity contribution in [2.75, 3.05) is 13.2 Å². The summed E-state index contributed by atoms with van der Waals surface area (Å²) < 4.78 is 15.6. The standard InChI is InChI=1S/C16H23NO6/c1-4-5-11-22-16(2,3)10-12-21-15(18)23-14-8-6-13(7-9-14)17(19)20/h6-9H,4-5,10-12H2,1-3H3. The van der Waals surface area contributed by atoms with E-state index < -0.39 is 11.1 Å². The van der Waals surface area contributed by atoms with Crippen LogP contribution in [0, 0.1) is 10.1 Å². The van der Waals surface area contributed by atoms with Gasteiger partial charge in [0.25, 0.3) is 5.69 Å². The maximum atomic E-state index is 11.6. The third-order valence-corrected chi connectivity index (χ3v) is 3.16. The molecule has 0 saturated carbocycles. The van der Waals surface area contributed by atoms with E-state index in [0.717, 1.165) is 12.8 Å². The quantitative estimate of drug-likeness (QED) is 0.223. The number of hydrogen-bond donors (Lipinski definition) is 0. The molecule has 0 bridgehead atoms. The minimum absolute atomic E-state index is 0.0725. The van der Waals surface area contributed by atoms with Crippen LogP contribution < -0.4 is 4.74 Å². The molecule has 0 radical (unpaired) electrons. The third kappa shape index (κ3) is 7.60. The molecule has 1 aromatic carbocycles. The molecule has 0 aromatic heterocycles. The molecular weight excluding hydrogens is 302 g/mol. The first-order chi connectivity index (χ1) is 10.8. The van der Waals surface area contributed by atoms with Crippen molar-refractivity contribution in [3.63, 3.8) is 0 Å². The number of nitrogens with zero attached hydrogens (tertiary/aromatic N) is 1. The molecule has 0 unspecified atom stereocenters. The van der Waals surface area contributed by atoms with Crippen LogP contribution in [-0.2, 0) is 9.47 Å². The highest BCUT2D eigenvalue weighted by atomic mass is 16.7. The zero-order valence-electron chi connectivity index (χ0n) is 13.7. The Kier molecular flexibility index (Phi) is 7.47. The Morgan fingerprint density at radius 2 is 1.87 bits per heavy atom. The van der Waals surface area contributed by atoms with Gasteiger partial charge in [-0.05, 0) is 32.4 Å². The van der Waals surface area contributed by atoms with Crippen molar-refractivity contribution < 1.29 is 23.9 Å². The number of nitro groups is 1. The van der Waals surface area contributed by atoms with E-state index >= 15 is 0 Å². The van der Waals surface area contributed by atoms with Gasteiger partial charge in [0, 0.05) is 25.2 Å². The van der Waals surface area contributed by atoms with Crippen molar-refractivity contribution in [1.29, 1.82) is 0 Å². The molecule has 23 heavy (non-hydrogen) atoms. The van der Waals surface area contributed by atoms with Crippen LogP contribution in [0.2, 0.25) is 0 Å². The molecule has 0 saturated heterocycles. The van der Waals surface area contributed by atoms with Gasteiger partial charge < -0.3 is 14.2 Å². The van der Waals surface area contributed by atoms with E-state index in [1.807, 2.05) is 13.8 Å². The Morgan fingerprint density at radius 1 is 1.22 bits per heavy atom. The van der Waals surface area contributed by atoms with Crippen LogP contribution in [-0.4, -0.2) is 29.9 Å². The molecule has 7 nitrogen and oxygen atoms in total. The summed E-state index contributed by atoms with van der Waals surface area (Å²) in [5.41, 5.74) is -0.445. The first-order valence-corrected chi connectivity index (χ1v) is 7.57. The molecule has 0 N–H and O–H groups in total. The van der Waals surface area contributed by atoms with E-state index in [0.29, 0.717) is 13.0 Å². The van der Waals surface area contributed by atoms with Crippen LogP contribution in [0.5, 0.6) is 5.75 Å². The van der Waals surface area contributed by atoms with Crippen molar-refractivity contribution in [2.24, 2.45) is 0 Å². The van der Waals surface area contributed by atoms with Gasteiger partial charge in [0.15, 0.2) is 0 Å². The molecule has 0 aliphatic heterocycles. The van der Waals surface area contributed by atoms with Crippen molar-refractivity contribution in [3.8, 4) is 5.75 Å². The monoisotopic (exact) mass is 325 g/mol. The molecule has 0 aliphatic carbocycles. The molecule has 0 heterocycles. The zero-order valence-corrected chi connectivity index (χ0v) is 13.7. The summed E-state index contributed by atoms with van der Waals surface area (Å²) in [5, 5.41) is 10.5. The predicted molar refractivity (Wildman–Crippen MR) is 84.6 cm³/mol.